The number of rotatable bonds is 10. The Hall–Kier alpha value is -2.62. The standard InChI is InChI=1S/C27H30ClN3O4S2/c1-3-12-35-23-9-7-20(8-10-23)16-31(22-11-13-37(33,34)18-22)26(32)25-24(28)15-29-27(30-25)36-17-21-6-4-5-19(2)14-21/h4-10,14-15,22H,3,11-13,16-18H2,1-2H3. The van der Waals surface area contributed by atoms with Crippen LogP contribution in [-0.2, 0) is 22.1 Å². The van der Waals surface area contributed by atoms with Crippen LogP contribution in [0.3, 0.4) is 0 Å². The highest BCUT2D eigenvalue weighted by Crippen LogP contribution is 2.27. The Kier molecular flexibility index (Phi) is 9.10. The van der Waals surface area contributed by atoms with Gasteiger partial charge in [-0.2, -0.15) is 0 Å². The molecule has 2 heterocycles. The Labute approximate surface area is 227 Å². The molecule has 0 spiro atoms. The zero-order valence-corrected chi connectivity index (χ0v) is 23.3. The molecule has 1 saturated heterocycles. The average molecular weight is 560 g/mol. The molecule has 1 aliphatic heterocycles. The molecule has 0 radical (unpaired) electrons. The summed E-state index contributed by atoms with van der Waals surface area (Å²) in [6.07, 6.45) is 2.72. The second-order valence-electron chi connectivity index (χ2n) is 9.11. The average Bonchev–Trinajstić information content (AvgIpc) is 3.25. The molecular weight excluding hydrogens is 530 g/mol. The van der Waals surface area contributed by atoms with Gasteiger partial charge in [0.05, 0.1) is 29.3 Å². The van der Waals surface area contributed by atoms with Gasteiger partial charge in [0, 0.05) is 18.3 Å². The van der Waals surface area contributed by atoms with Gasteiger partial charge in [-0.25, -0.2) is 18.4 Å². The zero-order valence-electron chi connectivity index (χ0n) is 20.9. The number of carbonyl (C=O) groups excluding carboxylic acids is 1. The number of carbonyl (C=O) groups is 1. The van der Waals surface area contributed by atoms with Crippen molar-refractivity contribution >= 4 is 39.1 Å². The number of aromatic nitrogens is 2. The summed E-state index contributed by atoms with van der Waals surface area (Å²) in [5.74, 6) is 0.974. The third kappa shape index (κ3) is 7.46. The molecular formula is C27H30ClN3O4S2. The maximum atomic E-state index is 13.8. The highest BCUT2D eigenvalue weighted by molar-refractivity contribution is 7.98. The molecule has 0 bridgehead atoms. The van der Waals surface area contributed by atoms with E-state index in [9.17, 15) is 13.2 Å². The third-order valence-electron chi connectivity index (χ3n) is 6.03. The Morgan fingerprint density at radius 3 is 2.65 bits per heavy atom. The number of ether oxygens (including phenoxy) is 1. The molecule has 4 rings (SSSR count). The van der Waals surface area contributed by atoms with Crippen molar-refractivity contribution in [2.24, 2.45) is 0 Å². The summed E-state index contributed by atoms with van der Waals surface area (Å²) in [6, 6.07) is 15.2. The van der Waals surface area contributed by atoms with Crippen LogP contribution in [0.1, 0.15) is 46.9 Å². The highest BCUT2D eigenvalue weighted by atomic mass is 35.5. The van der Waals surface area contributed by atoms with Crippen LogP contribution >= 0.6 is 23.4 Å². The van der Waals surface area contributed by atoms with Crippen molar-refractivity contribution in [1.29, 1.82) is 0 Å². The van der Waals surface area contributed by atoms with E-state index >= 15 is 0 Å². The lowest BCUT2D eigenvalue weighted by atomic mass is 10.1. The van der Waals surface area contributed by atoms with E-state index in [4.69, 9.17) is 16.3 Å². The fraction of sp³-hybridized carbons (Fsp3) is 0.370. The van der Waals surface area contributed by atoms with E-state index < -0.39 is 21.8 Å². The van der Waals surface area contributed by atoms with Gasteiger partial charge in [0.15, 0.2) is 20.7 Å². The number of aryl methyl sites for hydroxylation is 1. The van der Waals surface area contributed by atoms with Crippen LogP contribution in [0.5, 0.6) is 5.75 Å². The molecule has 2 aromatic carbocycles. The molecule has 0 saturated carbocycles. The van der Waals surface area contributed by atoms with Crippen LogP contribution < -0.4 is 4.74 Å². The van der Waals surface area contributed by atoms with Gasteiger partial charge in [-0.05, 0) is 43.0 Å². The maximum absolute atomic E-state index is 13.8. The minimum absolute atomic E-state index is 0.0559. The van der Waals surface area contributed by atoms with Crippen molar-refractivity contribution in [3.05, 3.63) is 82.1 Å². The second kappa shape index (κ2) is 12.3. The lowest BCUT2D eigenvalue weighted by molar-refractivity contribution is 0.0674. The predicted octanol–water partition coefficient (Wildman–Crippen LogP) is 5.35. The number of hydrogen-bond acceptors (Lipinski definition) is 7. The number of sulfone groups is 1. The zero-order chi connectivity index (χ0) is 26.4. The van der Waals surface area contributed by atoms with Crippen LogP contribution in [0.4, 0.5) is 0 Å². The maximum Gasteiger partial charge on any atom is 0.274 e. The number of hydrogen-bond donors (Lipinski definition) is 0. The van der Waals surface area contributed by atoms with Crippen LogP contribution in [0.2, 0.25) is 5.02 Å². The molecule has 37 heavy (non-hydrogen) atoms. The van der Waals surface area contributed by atoms with Gasteiger partial charge in [0.2, 0.25) is 0 Å². The molecule has 1 amide bonds. The van der Waals surface area contributed by atoms with E-state index in [-0.39, 0.29) is 28.8 Å². The van der Waals surface area contributed by atoms with Gasteiger partial charge in [0.25, 0.3) is 5.91 Å². The van der Waals surface area contributed by atoms with E-state index in [0.717, 1.165) is 28.9 Å². The fourth-order valence-corrected chi connectivity index (χ4v) is 6.81. The lowest BCUT2D eigenvalue weighted by Crippen LogP contribution is -2.41. The Morgan fingerprint density at radius 2 is 1.97 bits per heavy atom. The summed E-state index contributed by atoms with van der Waals surface area (Å²) in [7, 11) is -3.21. The minimum Gasteiger partial charge on any atom is -0.494 e. The molecule has 1 aliphatic rings. The van der Waals surface area contributed by atoms with E-state index in [1.165, 1.54) is 18.0 Å². The quantitative estimate of drug-likeness (QED) is 0.244. The predicted molar refractivity (Wildman–Crippen MR) is 147 cm³/mol. The van der Waals surface area contributed by atoms with Crippen molar-refractivity contribution in [2.75, 3.05) is 18.1 Å². The molecule has 10 heteroatoms. The summed E-state index contributed by atoms with van der Waals surface area (Å²) in [5.41, 5.74) is 3.23. The second-order valence-corrected chi connectivity index (χ2v) is 12.7. The summed E-state index contributed by atoms with van der Waals surface area (Å²) in [6.45, 7) is 4.94. The summed E-state index contributed by atoms with van der Waals surface area (Å²) in [4.78, 5) is 24.1. The number of benzene rings is 2. The number of thioether (sulfide) groups is 1. The molecule has 1 fully saturated rings. The van der Waals surface area contributed by atoms with Crippen molar-refractivity contribution < 1.29 is 17.9 Å². The topological polar surface area (TPSA) is 89.5 Å². The van der Waals surface area contributed by atoms with Gasteiger partial charge in [-0.1, -0.05) is 72.2 Å². The lowest BCUT2D eigenvalue weighted by Gasteiger charge is -2.28. The smallest absolute Gasteiger partial charge is 0.274 e. The number of amides is 1. The van der Waals surface area contributed by atoms with E-state index in [1.54, 1.807) is 4.90 Å². The minimum atomic E-state index is -3.21. The van der Waals surface area contributed by atoms with Gasteiger partial charge >= 0.3 is 0 Å². The highest BCUT2D eigenvalue weighted by Gasteiger charge is 2.36. The van der Waals surface area contributed by atoms with Crippen LogP contribution in [-0.4, -0.2) is 53.3 Å². The molecule has 1 unspecified atom stereocenters. The monoisotopic (exact) mass is 559 g/mol. The van der Waals surface area contributed by atoms with Crippen molar-refractivity contribution in [1.82, 2.24) is 14.9 Å². The van der Waals surface area contributed by atoms with Crippen LogP contribution in [0, 0.1) is 6.92 Å². The fourth-order valence-electron chi connectivity index (χ4n) is 4.15. The first-order valence-corrected chi connectivity index (χ1v) is 15.4. The molecule has 0 N–H and O–H groups in total. The van der Waals surface area contributed by atoms with Gasteiger partial charge in [-0.3, -0.25) is 4.79 Å². The molecule has 0 aliphatic carbocycles. The first-order valence-electron chi connectivity index (χ1n) is 12.2. The van der Waals surface area contributed by atoms with Gasteiger partial charge < -0.3 is 9.64 Å². The molecule has 196 valence electrons. The van der Waals surface area contributed by atoms with Crippen LogP contribution in [0.25, 0.3) is 0 Å². The van der Waals surface area contributed by atoms with Crippen LogP contribution in [0.15, 0.2) is 59.9 Å². The van der Waals surface area contributed by atoms with E-state index in [1.807, 2.05) is 56.3 Å². The van der Waals surface area contributed by atoms with E-state index in [2.05, 4.69) is 16.0 Å². The Balaban J connectivity index is 1.56. The molecule has 1 atom stereocenters. The molecule has 1 aromatic heterocycles. The SMILES string of the molecule is CCCOc1ccc(CN(C(=O)c2nc(SCc3cccc(C)c3)ncc2Cl)C2CCS(=O)(=O)C2)cc1. The first kappa shape index (κ1) is 27.4. The Morgan fingerprint density at radius 1 is 1.19 bits per heavy atom. The normalized spacial score (nSPS) is 16.5. The van der Waals surface area contributed by atoms with Crippen molar-refractivity contribution in [3.63, 3.8) is 0 Å². The number of halogens is 1. The molecule has 7 nitrogen and oxygen atoms in total. The van der Waals surface area contributed by atoms with Gasteiger partial charge in [0.1, 0.15) is 5.75 Å². The van der Waals surface area contributed by atoms with Gasteiger partial charge in [-0.15, -0.1) is 0 Å². The third-order valence-corrected chi connectivity index (χ3v) is 8.99. The number of nitrogens with zero attached hydrogens (tertiary/aromatic N) is 3. The molecule has 3 aromatic rings. The largest absolute Gasteiger partial charge is 0.494 e. The summed E-state index contributed by atoms with van der Waals surface area (Å²) >= 11 is 7.81. The van der Waals surface area contributed by atoms with Crippen molar-refractivity contribution in [3.8, 4) is 5.75 Å². The summed E-state index contributed by atoms with van der Waals surface area (Å²) < 4.78 is 30.2. The summed E-state index contributed by atoms with van der Waals surface area (Å²) in [5, 5.41) is 0.574. The van der Waals surface area contributed by atoms with E-state index in [0.29, 0.717) is 23.9 Å². The first-order chi connectivity index (χ1) is 17.7. The van der Waals surface area contributed by atoms with Crippen molar-refractivity contribution in [2.45, 2.75) is 50.2 Å². The Bertz CT molecular complexity index is 1350.